The second kappa shape index (κ2) is 5.32. The Labute approximate surface area is 121 Å². The number of alkyl halides is 5. The average molecular weight is 368 g/mol. The molecule has 1 aromatic carbocycles. The van der Waals surface area contributed by atoms with Crippen molar-refractivity contribution in [2.24, 2.45) is 0 Å². The van der Waals surface area contributed by atoms with Gasteiger partial charge in [0.05, 0.1) is 21.5 Å². The lowest BCUT2D eigenvalue weighted by Crippen LogP contribution is -2.35. The Morgan fingerprint density at radius 2 is 1.43 bits per heavy atom. The van der Waals surface area contributed by atoms with Crippen molar-refractivity contribution in [3.05, 3.63) is 37.9 Å². The molecule has 0 amide bonds. The average Bonchev–Trinajstić information content (AvgIpc) is 2.34. The number of nitro groups is 2. The molecule has 0 spiro atoms. The van der Waals surface area contributed by atoms with Crippen molar-refractivity contribution in [3.63, 3.8) is 0 Å². The van der Waals surface area contributed by atoms with Gasteiger partial charge >= 0.3 is 22.3 Å². The van der Waals surface area contributed by atoms with Crippen molar-refractivity contribution in [1.29, 1.82) is 0 Å². The third kappa shape index (κ3) is 3.33. The number of hydrogen-bond donors (Lipinski definition) is 0. The molecular weight excluding hydrogens is 366 g/mol. The van der Waals surface area contributed by atoms with Gasteiger partial charge < -0.3 is 0 Å². The first kappa shape index (κ1) is 18.6. The molecule has 0 aliphatic heterocycles. The minimum atomic E-state index is -6.49. The first-order chi connectivity index (χ1) is 10.1. The topological polar surface area (TPSA) is 120 Å². The summed E-state index contributed by atoms with van der Waals surface area (Å²) < 4.78 is 98.4. The van der Waals surface area contributed by atoms with Crippen molar-refractivity contribution in [3.8, 4) is 0 Å². The molecule has 0 saturated carbocycles. The van der Waals surface area contributed by atoms with Crippen LogP contribution in [0.15, 0.2) is 17.0 Å². The zero-order chi connectivity index (χ0) is 18.4. The molecule has 0 N–H and O–H groups in total. The maximum Gasteiger partial charge on any atom is 0.458 e. The van der Waals surface area contributed by atoms with E-state index in [4.69, 9.17) is 0 Å². The van der Waals surface area contributed by atoms with Crippen molar-refractivity contribution < 1.29 is 44.1 Å². The normalized spacial score (nSPS) is 13.0. The van der Waals surface area contributed by atoms with Gasteiger partial charge in [0.1, 0.15) is 0 Å². The summed E-state index contributed by atoms with van der Waals surface area (Å²) in [6, 6.07) is -0.838. The van der Waals surface area contributed by atoms with Gasteiger partial charge in [-0.15, -0.1) is 3.89 Å². The largest absolute Gasteiger partial charge is 0.458 e. The second-order valence-corrected chi connectivity index (χ2v) is 5.15. The van der Waals surface area contributed by atoms with Crippen LogP contribution in [0.4, 0.5) is 37.2 Å². The zero-order valence-corrected chi connectivity index (χ0v) is 11.0. The van der Waals surface area contributed by atoms with Gasteiger partial charge in [-0.3, -0.25) is 20.2 Å². The van der Waals surface area contributed by atoms with E-state index in [1.54, 1.807) is 0 Å². The fourth-order valence-electron chi connectivity index (χ4n) is 1.48. The smallest absolute Gasteiger partial charge is 0.258 e. The van der Waals surface area contributed by atoms with E-state index in [-0.39, 0.29) is 6.07 Å². The third-order valence-corrected chi connectivity index (χ3v) is 3.32. The summed E-state index contributed by atoms with van der Waals surface area (Å²) in [6.45, 7) is 0. The maximum atomic E-state index is 13.3. The molecule has 23 heavy (non-hydrogen) atoms. The predicted molar refractivity (Wildman–Crippen MR) is 58.0 cm³/mol. The molecule has 1 rings (SSSR count). The molecule has 0 aliphatic rings. The van der Waals surface area contributed by atoms with E-state index in [9.17, 15) is 54.5 Å². The van der Waals surface area contributed by atoms with E-state index in [2.05, 4.69) is 0 Å². The molecule has 128 valence electrons. The van der Waals surface area contributed by atoms with Crippen LogP contribution in [-0.2, 0) is 16.1 Å². The highest BCUT2D eigenvalue weighted by Crippen LogP contribution is 2.49. The Kier molecular flexibility index (Phi) is 4.30. The molecule has 0 bridgehead atoms. The lowest BCUT2D eigenvalue weighted by atomic mass is 10.1. The Morgan fingerprint density at radius 3 is 1.74 bits per heavy atom. The van der Waals surface area contributed by atoms with Crippen molar-refractivity contribution in [2.75, 3.05) is 0 Å². The van der Waals surface area contributed by atoms with E-state index in [1.165, 1.54) is 0 Å². The molecule has 0 radical (unpaired) electrons. The van der Waals surface area contributed by atoms with Crippen LogP contribution in [0.1, 0.15) is 5.56 Å². The van der Waals surface area contributed by atoms with Crippen LogP contribution in [0.25, 0.3) is 0 Å². The van der Waals surface area contributed by atoms with Crippen LogP contribution in [-0.4, -0.2) is 24.4 Å². The molecule has 0 heterocycles. The minimum absolute atomic E-state index is 0.248. The number of rotatable bonds is 4. The van der Waals surface area contributed by atoms with Crippen molar-refractivity contribution in [2.45, 2.75) is 17.0 Å². The molecule has 0 aromatic heterocycles. The number of hydrogen-bond acceptors (Lipinski definition) is 6. The van der Waals surface area contributed by atoms with Crippen LogP contribution in [0, 0.1) is 20.2 Å². The van der Waals surface area contributed by atoms with Gasteiger partial charge in [-0.2, -0.15) is 30.4 Å². The van der Waals surface area contributed by atoms with E-state index >= 15 is 0 Å². The van der Waals surface area contributed by atoms with Gasteiger partial charge in [-0.1, -0.05) is 0 Å². The highest BCUT2D eigenvalue weighted by molar-refractivity contribution is 7.86. The van der Waals surface area contributed by atoms with Crippen LogP contribution < -0.4 is 0 Å². The Balaban J connectivity index is 4.08. The van der Waals surface area contributed by atoms with Gasteiger partial charge in [0.25, 0.3) is 11.4 Å². The number of nitro benzene ring substituents is 2. The predicted octanol–water partition coefficient (Wildman–Crippen LogP) is 2.82. The minimum Gasteiger partial charge on any atom is -0.258 e. The number of non-ortho nitro benzene ring substituents is 1. The van der Waals surface area contributed by atoms with Gasteiger partial charge in [0, 0.05) is 6.07 Å². The van der Waals surface area contributed by atoms with Crippen LogP contribution in [0.2, 0.25) is 0 Å². The third-order valence-electron chi connectivity index (χ3n) is 2.40. The Bertz CT molecular complexity index is 789. The highest BCUT2D eigenvalue weighted by Gasteiger charge is 2.62. The van der Waals surface area contributed by atoms with E-state index in [0.717, 1.165) is 0 Å². The zero-order valence-electron chi connectivity index (χ0n) is 10.2. The SMILES string of the molecule is O=[N+]([O-])c1cc([N+](=O)[O-])c(S(=O)(=O)F)c(C(F)(F)C(F)(F)F)c1. The number of nitrogens with zero attached hydrogens (tertiary/aromatic N) is 2. The van der Waals surface area contributed by atoms with Gasteiger partial charge in [0.2, 0.25) is 0 Å². The molecule has 0 atom stereocenters. The van der Waals surface area contributed by atoms with Crippen molar-refractivity contribution >= 4 is 21.6 Å². The fourth-order valence-corrected chi connectivity index (χ4v) is 2.31. The van der Waals surface area contributed by atoms with E-state index in [1.807, 2.05) is 0 Å². The Morgan fingerprint density at radius 1 is 0.957 bits per heavy atom. The summed E-state index contributed by atoms with van der Waals surface area (Å²) in [6.07, 6.45) is -6.49. The lowest BCUT2D eigenvalue weighted by Gasteiger charge is -2.21. The molecule has 0 aliphatic carbocycles. The molecule has 8 nitrogen and oxygen atoms in total. The monoisotopic (exact) mass is 368 g/mol. The standard InChI is InChI=1S/C8H2F6N2O6S/c9-7(10,8(11,12)13)4-1-3(15(17)18)2-5(16(19)20)6(4)23(14,21)22/h1-2H. The molecule has 15 heteroatoms. The quantitative estimate of drug-likeness (QED) is 0.349. The summed E-state index contributed by atoms with van der Waals surface area (Å²) in [4.78, 5) is 15.1. The van der Waals surface area contributed by atoms with Crippen molar-refractivity contribution in [1.82, 2.24) is 0 Å². The summed E-state index contributed by atoms with van der Waals surface area (Å²) in [5.74, 6) is -6.10. The first-order valence-electron chi connectivity index (χ1n) is 4.97. The van der Waals surface area contributed by atoms with Crippen LogP contribution in [0.3, 0.4) is 0 Å². The van der Waals surface area contributed by atoms with Crippen LogP contribution in [0.5, 0.6) is 0 Å². The number of halogens is 6. The van der Waals surface area contributed by atoms with E-state index < -0.39 is 60.1 Å². The summed E-state index contributed by atoms with van der Waals surface area (Å²) in [5.41, 5.74) is -6.53. The van der Waals surface area contributed by atoms with Gasteiger partial charge in [-0.05, 0) is 0 Å². The van der Waals surface area contributed by atoms with Crippen LogP contribution >= 0.6 is 0 Å². The summed E-state index contributed by atoms with van der Waals surface area (Å²) >= 11 is 0. The van der Waals surface area contributed by atoms with Gasteiger partial charge in [-0.25, -0.2) is 0 Å². The molecule has 0 fully saturated rings. The summed E-state index contributed by atoms with van der Waals surface area (Å²) in [7, 11) is -6.44. The summed E-state index contributed by atoms with van der Waals surface area (Å²) in [5, 5.41) is 21.1. The highest BCUT2D eigenvalue weighted by atomic mass is 32.3. The second-order valence-electron chi connectivity index (χ2n) is 3.87. The fraction of sp³-hybridized carbons (Fsp3) is 0.250. The first-order valence-corrected chi connectivity index (χ1v) is 6.35. The van der Waals surface area contributed by atoms with Gasteiger partial charge in [0.15, 0.2) is 4.90 Å². The lowest BCUT2D eigenvalue weighted by molar-refractivity contribution is -0.396. The maximum absolute atomic E-state index is 13.3. The Hall–Kier alpha value is -2.45. The molecule has 0 saturated heterocycles. The number of benzene rings is 1. The molecule has 0 unspecified atom stereocenters. The molecular formula is C8H2F6N2O6S. The molecule has 1 aromatic rings. The van der Waals surface area contributed by atoms with E-state index in [0.29, 0.717) is 0 Å².